The van der Waals surface area contributed by atoms with Crippen molar-refractivity contribution in [1.82, 2.24) is 10.2 Å². The number of rotatable bonds is 8. The summed E-state index contributed by atoms with van der Waals surface area (Å²) in [7, 11) is 0. The Morgan fingerprint density at radius 1 is 1.12 bits per heavy atom. The molecular formula is C20H31N3O3. The largest absolute Gasteiger partial charge is 0.490 e. The number of morpholine rings is 1. The number of amides is 2. The third kappa shape index (κ3) is 6.50. The van der Waals surface area contributed by atoms with Gasteiger partial charge in [0.15, 0.2) is 0 Å². The molecule has 6 heteroatoms. The fraction of sp³-hybridized carbons (Fsp3) is 0.650. The van der Waals surface area contributed by atoms with Crippen LogP contribution in [0, 0.1) is 0 Å². The van der Waals surface area contributed by atoms with Gasteiger partial charge in [-0.25, -0.2) is 4.79 Å². The average Bonchev–Trinajstić information content (AvgIpc) is 3.17. The summed E-state index contributed by atoms with van der Waals surface area (Å²) in [6.45, 7) is 5.49. The topological polar surface area (TPSA) is 62.8 Å². The van der Waals surface area contributed by atoms with Gasteiger partial charge in [0.05, 0.1) is 19.3 Å². The molecule has 0 bridgehead atoms. The van der Waals surface area contributed by atoms with E-state index in [0.717, 1.165) is 70.0 Å². The molecule has 1 saturated heterocycles. The van der Waals surface area contributed by atoms with Gasteiger partial charge < -0.3 is 20.1 Å². The Bertz CT molecular complexity index is 538. The number of unbranched alkanes of at least 4 members (excludes halogenated alkanes) is 1. The molecule has 3 rings (SSSR count). The molecule has 2 N–H and O–H groups in total. The van der Waals surface area contributed by atoms with Gasteiger partial charge in [-0.15, -0.1) is 0 Å². The van der Waals surface area contributed by atoms with E-state index in [0.29, 0.717) is 12.6 Å². The van der Waals surface area contributed by atoms with Crippen LogP contribution in [0.4, 0.5) is 10.5 Å². The lowest BCUT2D eigenvalue weighted by Crippen LogP contribution is -2.37. The number of carbonyl (C=O) groups is 1. The summed E-state index contributed by atoms with van der Waals surface area (Å²) in [5.41, 5.74) is 0.787. The molecule has 1 aromatic rings. The minimum atomic E-state index is -0.152. The van der Waals surface area contributed by atoms with Crippen LogP contribution < -0.4 is 15.4 Å². The fourth-order valence-corrected chi connectivity index (χ4v) is 3.48. The van der Waals surface area contributed by atoms with Crippen molar-refractivity contribution in [1.29, 1.82) is 0 Å². The van der Waals surface area contributed by atoms with Crippen LogP contribution in [0.5, 0.6) is 5.75 Å². The monoisotopic (exact) mass is 361 g/mol. The minimum absolute atomic E-state index is 0.152. The van der Waals surface area contributed by atoms with Gasteiger partial charge in [-0.3, -0.25) is 4.90 Å². The second kappa shape index (κ2) is 10.4. The second-order valence-corrected chi connectivity index (χ2v) is 7.09. The number of nitrogens with zero attached hydrogens (tertiary/aromatic N) is 1. The number of benzene rings is 1. The summed E-state index contributed by atoms with van der Waals surface area (Å²) >= 11 is 0. The first-order valence-electron chi connectivity index (χ1n) is 9.91. The summed E-state index contributed by atoms with van der Waals surface area (Å²) in [5.74, 6) is 0.881. The van der Waals surface area contributed by atoms with E-state index in [4.69, 9.17) is 9.47 Å². The first kappa shape index (κ1) is 19.0. The standard InChI is InChI=1S/C20H31N3O3/c24-20(21-11-3-4-12-23-13-15-25-16-14-23)22-17-7-9-19(10-8-17)26-18-5-1-2-6-18/h7-10,18H,1-6,11-16H2,(H2,21,22,24). The molecule has 1 heterocycles. The highest BCUT2D eigenvalue weighted by Crippen LogP contribution is 2.24. The Hall–Kier alpha value is -1.79. The molecule has 0 atom stereocenters. The van der Waals surface area contributed by atoms with Gasteiger partial charge in [0.25, 0.3) is 0 Å². The number of nitrogens with one attached hydrogen (secondary N) is 2. The van der Waals surface area contributed by atoms with Gasteiger partial charge in [0.1, 0.15) is 5.75 Å². The Balaban J connectivity index is 1.27. The molecule has 0 aromatic heterocycles. The number of ether oxygens (including phenoxy) is 2. The molecule has 0 radical (unpaired) electrons. The van der Waals surface area contributed by atoms with Crippen molar-refractivity contribution in [2.24, 2.45) is 0 Å². The Morgan fingerprint density at radius 3 is 2.58 bits per heavy atom. The fourth-order valence-electron chi connectivity index (χ4n) is 3.48. The third-order valence-corrected chi connectivity index (χ3v) is 5.01. The number of hydrogen-bond acceptors (Lipinski definition) is 4. The molecule has 1 aliphatic carbocycles. The number of carbonyl (C=O) groups excluding carboxylic acids is 1. The molecule has 0 unspecified atom stereocenters. The minimum Gasteiger partial charge on any atom is -0.490 e. The summed E-state index contributed by atoms with van der Waals surface area (Å²) in [6.07, 6.45) is 7.25. The molecule has 1 aromatic carbocycles. The van der Waals surface area contributed by atoms with E-state index in [1.165, 1.54) is 12.8 Å². The summed E-state index contributed by atoms with van der Waals surface area (Å²) in [5, 5.41) is 5.79. The van der Waals surface area contributed by atoms with Crippen LogP contribution in [0.1, 0.15) is 38.5 Å². The van der Waals surface area contributed by atoms with Crippen LogP contribution >= 0.6 is 0 Å². The van der Waals surface area contributed by atoms with E-state index in [-0.39, 0.29) is 6.03 Å². The lowest BCUT2D eigenvalue weighted by Gasteiger charge is -2.26. The van der Waals surface area contributed by atoms with Crippen molar-refractivity contribution >= 4 is 11.7 Å². The molecule has 0 spiro atoms. The second-order valence-electron chi connectivity index (χ2n) is 7.09. The highest BCUT2D eigenvalue weighted by molar-refractivity contribution is 5.89. The van der Waals surface area contributed by atoms with Crippen molar-refractivity contribution in [2.45, 2.75) is 44.6 Å². The molecular weight excluding hydrogens is 330 g/mol. The SMILES string of the molecule is O=C(NCCCCN1CCOCC1)Nc1ccc(OC2CCCC2)cc1. The van der Waals surface area contributed by atoms with E-state index in [9.17, 15) is 4.79 Å². The predicted molar refractivity (Wildman–Crippen MR) is 103 cm³/mol. The van der Waals surface area contributed by atoms with Crippen molar-refractivity contribution in [2.75, 3.05) is 44.7 Å². The van der Waals surface area contributed by atoms with Gasteiger partial charge in [-0.05, 0) is 69.3 Å². The smallest absolute Gasteiger partial charge is 0.319 e. The predicted octanol–water partition coefficient (Wildman–Crippen LogP) is 3.24. The normalized spacial score (nSPS) is 18.6. The van der Waals surface area contributed by atoms with Gasteiger partial charge in [0.2, 0.25) is 0 Å². The van der Waals surface area contributed by atoms with E-state index >= 15 is 0 Å². The van der Waals surface area contributed by atoms with Crippen LogP contribution in [0.25, 0.3) is 0 Å². The zero-order valence-corrected chi connectivity index (χ0v) is 15.5. The average molecular weight is 361 g/mol. The van der Waals surface area contributed by atoms with Crippen LogP contribution in [-0.2, 0) is 4.74 Å². The number of anilines is 1. The van der Waals surface area contributed by atoms with Gasteiger partial charge >= 0.3 is 6.03 Å². The lowest BCUT2D eigenvalue weighted by atomic mass is 10.2. The quantitative estimate of drug-likeness (QED) is 0.698. The molecule has 2 amide bonds. The van der Waals surface area contributed by atoms with Crippen LogP contribution in [0.3, 0.4) is 0 Å². The maximum atomic E-state index is 12.0. The zero-order chi connectivity index (χ0) is 18.0. The zero-order valence-electron chi connectivity index (χ0n) is 15.5. The Morgan fingerprint density at radius 2 is 1.85 bits per heavy atom. The molecule has 2 aliphatic rings. The summed E-state index contributed by atoms with van der Waals surface area (Å²) in [4.78, 5) is 14.4. The first-order chi connectivity index (χ1) is 12.8. The molecule has 1 aliphatic heterocycles. The first-order valence-corrected chi connectivity index (χ1v) is 9.91. The van der Waals surface area contributed by atoms with Crippen molar-refractivity contribution < 1.29 is 14.3 Å². The number of urea groups is 1. The van der Waals surface area contributed by atoms with Gasteiger partial charge in [0, 0.05) is 25.3 Å². The van der Waals surface area contributed by atoms with E-state index in [1.54, 1.807) is 0 Å². The number of hydrogen-bond donors (Lipinski definition) is 2. The maximum Gasteiger partial charge on any atom is 0.319 e. The van der Waals surface area contributed by atoms with E-state index in [1.807, 2.05) is 24.3 Å². The molecule has 2 fully saturated rings. The molecule has 26 heavy (non-hydrogen) atoms. The molecule has 1 saturated carbocycles. The van der Waals surface area contributed by atoms with E-state index in [2.05, 4.69) is 15.5 Å². The highest BCUT2D eigenvalue weighted by Gasteiger charge is 2.16. The molecule has 144 valence electrons. The van der Waals surface area contributed by atoms with Gasteiger partial charge in [-0.1, -0.05) is 0 Å². The summed E-state index contributed by atoms with van der Waals surface area (Å²) < 4.78 is 11.3. The Labute approximate surface area is 156 Å². The lowest BCUT2D eigenvalue weighted by molar-refractivity contribution is 0.0372. The van der Waals surface area contributed by atoms with Crippen LogP contribution in [0.15, 0.2) is 24.3 Å². The van der Waals surface area contributed by atoms with Crippen molar-refractivity contribution in [3.05, 3.63) is 24.3 Å². The molecule has 6 nitrogen and oxygen atoms in total. The summed E-state index contributed by atoms with van der Waals surface area (Å²) in [6, 6.07) is 7.48. The highest BCUT2D eigenvalue weighted by atomic mass is 16.5. The van der Waals surface area contributed by atoms with Crippen LogP contribution in [-0.4, -0.2) is 56.4 Å². The third-order valence-electron chi connectivity index (χ3n) is 5.01. The maximum absolute atomic E-state index is 12.0. The van der Waals surface area contributed by atoms with E-state index < -0.39 is 0 Å². The Kier molecular flexibility index (Phi) is 7.58. The van der Waals surface area contributed by atoms with Crippen molar-refractivity contribution in [3.63, 3.8) is 0 Å². The van der Waals surface area contributed by atoms with Crippen LogP contribution in [0.2, 0.25) is 0 Å². The van der Waals surface area contributed by atoms with Gasteiger partial charge in [-0.2, -0.15) is 0 Å². The van der Waals surface area contributed by atoms with Crippen molar-refractivity contribution in [3.8, 4) is 5.75 Å².